The van der Waals surface area contributed by atoms with Gasteiger partial charge in [-0.1, -0.05) is 23.7 Å². The Hall–Kier alpha value is -3.21. The van der Waals surface area contributed by atoms with Gasteiger partial charge in [-0.15, -0.1) is 0 Å². The summed E-state index contributed by atoms with van der Waals surface area (Å²) in [5, 5.41) is 2.75. The third kappa shape index (κ3) is 6.92. The van der Waals surface area contributed by atoms with E-state index >= 15 is 0 Å². The Kier molecular flexibility index (Phi) is 9.33. The van der Waals surface area contributed by atoms with E-state index in [-0.39, 0.29) is 34.2 Å². The van der Waals surface area contributed by atoms with Gasteiger partial charge in [0.15, 0.2) is 15.7 Å². The van der Waals surface area contributed by atoms with E-state index < -0.39 is 15.1 Å². The van der Waals surface area contributed by atoms with Gasteiger partial charge in [-0.3, -0.25) is 4.79 Å². The number of rotatable bonds is 9. The maximum absolute atomic E-state index is 13.3. The van der Waals surface area contributed by atoms with Crippen molar-refractivity contribution in [2.75, 3.05) is 38.5 Å². The molecule has 2 aromatic carbocycles. The summed E-state index contributed by atoms with van der Waals surface area (Å²) >= 11 is 6.43. The quantitative estimate of drug-likeness (QED) is 0.381. The highest BCUT2D eigenvalue weighted by Gasteiger charge is 2.24. The lowest BCUT2D eigenvalue weighted by Gasteiger charge is -2.32. The number of carbonyl (C=O) groups excluding carboxylic acids is 1. The van der Waals surface area contributed by atoms with E-state index in [2.05, 4.69) is 27.2 Å². The number of anilines is 2. The number of carbonyl (C=O) groups is 1. The van der Waals surface area contributed by atoms with Crippen molar-refractivity contribution in [2.24, 2.45) is 0 Å². The normalized spacial score (nSPS) is 14.6. The molecule has 1 N–H and O–H groups in total. The molecule has 1 amide bonds. The Balaban J connectivity index is 1.64. The molecule has 0 bridgehead atoms. The molecule has 11 heteroatoms. The first-order valence-electron chi connectivity index (χ1n) is 13.3. The average molecular weight is 586 g/mol. The molecule has 2 heterocycles. The molecule has 3 aromatic rings. The first kappa shape index (κ1) is 29.8. The topological polar surface area (TPSA) is 105 Å². The number of benzene rings is 2. The van der Waals surface area contributed by atoms with Crippen molar-refractivity contribution in [3.63, 3.8) is 0 Å². The number of nitrogens with zero attached hydrogens (tertiary/aromatic N) is 4. The Morgan fingerprint density at radius 1 is 1.07 bits per heavy atom. The SMILES string of the molecule is CC(C)Oc1ccc(C(=O)N2CCN(C)CC2)cc1Cc1ncc(Cl)c(Nc2ccccc2S(=O)(=O)C(C)C)n1. The van der Waals surface area contributed by atoms with Crippen molar-refractivity contribution < 1.29 is 17.9 Å². The number of hydrogen-bond acceptors (Lipinski definition) is 8. The third-order valence-electron chi connectivity index (χ3n) is 6.67. The zero-order chi connectivity index (χ0) is 29.0. The lowest BCUT2D eigenvalue weighted by Crippen LogP contribution is -2.47. The highest BCUT2D eigenvalue weighted by molar-refractivity contribution is 7.92. The Morgan fingerprint density at radius 3 is 2.45 bits per heavy atom. The standard InChI is InChI=1S/C29H36ClN5O4S/c1-19(2)39-25-11-10-21(29(36)35-14-12-34(5)13-15-35)16-22(25)17-27-31-18-23(30)28(33-27)32-24-8-6-7-9-26(24)40(37,38)20(3)4/h6-11,16,18-20H,12-15,17H2,1-5H3,(H,31,32,33). The van der Waals surface area contributed by atoms with Crippen molar-refractivity contribution >= 4 is 38.9 Å². The fourth-order valence-electron chi connectivity index (χ4n) is 4.36. The highest BCUT2D eigenvalue weighted by atomic mass is 35.5. The summed E-state index contributed by atoms with van der Waals surface area (Å²) in [6.07, 6.45) is 1.69. The van der Waals surface area contributed by atoms with Gasteiger partial charge >= 0.3 is 0 Å². The van der Waals surface area contributed by atoms with Gasteiger partial charge in [-0.05, 0) is 65.1 Å². The lowest BCUT2D eigenvalue weighted by molar-refractivity contribution is 0.0664. The molecular weight excluding hydrogens is 550 g/mol. The molecule has 0 atom stereocenters. The minimum absolute atomic E-state index is 0.0206. The Bertz CT molecular complexity index is 1470. The van der Waals surface area contributed by atoms with Crippen LogP contribution < -0.4 is 10.1 Å². The monoisotopic (exact) mass is 585 g/mol. The summed E-state index contributed by atoms with van der Waals surface area (Å²) in [5.41, 5.74) is 1.73. The molecule has 0 spiro atoms. The smallest absolute Gasteiger partial charge is 0.253 e. The minimum Gasteiger partial charge on any atom is -0.491 e. The van der Waals surface area contributed by atoms with Crippen LogP contribution in [0.2, 0.25) is 5.02 Å². The molecular formula is C29H36ClN5O4S. The molecule has 40 heavy (non-hydrogen) atoms. The van der Waals surface area contributed by atoms with Gasteiger partial charge in [0.05, 0.1) is 28.1 Å². The second kappa shape index (κ2) is 12.5. The van der Waals surface area contributed by atoms with E-state index in [1.165, 1.54) is 6.20 Å². The van der Waals surface area contributed by atoms with Gasteiger partial charge in [0.25, 0.3) is 5.91 Å². The number of aromatic nitrogens is 2. The molecule has 0 aliphatic carbocycles. The molecule has 0 radical (unpaired) electrons. The Labute approximate surface area is 241 Å². The summed E-state index contributed by atoms with van der Waals surface area (Å²) in [6, 6.07) is 12.1. The van der Waals surface area contributed by atoms with Gasteiger partial charge in [-0.2, -0.15) is 0 Å². The van der Waals surface area contributed by atoms with Crippen molar-refractivity contribution in [1.29, 1.82) is 0 Å². The molecule has 1 saturated heterocycles. The number of ether oxygens (including phenoxy) is 1. The van der Waals surface area contributed by atoms with E-state index in [0.29, 0.717) is 35.9 Å². The van der Waals surface area contributed by atoms with Crippen LogP contribution in [-0.2, 0) is 16.3 Å². The van der Waals surface area contributed by atoms with E-state index in [1.807, 2.05) is 30.9 Å². The highest BCUT2D eigenvalue weighted by Crippen LogP contribution is 2.31. The first-order chi connectivity index (χ1) is 19.0. The number of likely N-dealkylation sites (N-methyl/N-ethyl adjacent to an activating group) is 1. The number of sulfone groups is 1. The average Bonchev–Trinajstić information content (AvgIpc) is 2.91. The fraction of sp³-hybridized carbons (Fsp3) is 0.414. The second-order valence-corrected chi connectivity index (χ2v) is 13.3. The molecule has 1 aliphatic rings. The molecule has 4 rings (SSSR count). The molecule has 0 unspecified atom stereocenters. The molecule has 214 valence electrons. The van der Waals surface area contributed by atoms with Gasteiger partial charge in [0.1, 0.15) is 16.6 Å². The number of piperazine rings is 1. The predicted molar refractivity (Wildman–Crippen MR) is 158 cm³/mol. The van der Waals surface area contributed by atoms with Gasteiger partial charge < -0.3 is 19.9 Å². The predicted octanol–water partition coefficient (Wildman–Crippen LogP) is 4.82. The zero-order valence-corrected chi connectivity index (χ0v) is 25.1. The maximum atomic E-state index is 13.3. The van der Waals surface area contributed by atoms with E-state index in [0.717, 1.165) is 18.7 Å². The van der Waals surface area contributed by atoms with Crippen LogP contribution in [0.3, 0.4) is 0 Å². The van der Waals surface area contributed by atoms with Crippen LogP contribution in [0, 0.1) is 0 Å². The van der Waals surface area contributed by atoms with Crippen LogP contribution in [0.25, 0.3) is 0 Å². The number of nitrogens with one attached hydrogen (secondary N) is 1. The van der Waals surface area contributed by atoms with Gasteiger partial charge in [0.2, 0.25) is 0 Å². The summed E-state index contributed by atoms with van der Waals surface area (Å²) in [5.74, 6) is 1.35. The number of para-hydroxylation sites is 1. The van der Waals surface area contributed by atoms with Crippen LogP contribution in [0.1, 0.15) is 49.4 Å². The van der Waals surface area contributed by atoms with Crippen molar-refractivity contribution in [2.45, 2.75) is 50.4 Å². The summed E-state index contributed by atoms with van der Waals surface area (Å²) < 4.78 is 31.9. The third-order valence-corrected chi connectivity index (χ3v) is 9.16. The zero-order valence-electron chi connectivity index (χ0n) is 23.5. The second-order valence-electron chi connectivity index (χ2n) is 10.5. The molecule has 1 fully saturated rings. The number of halogens is 1. The number of amides is 1. The largest absolute Gasteiger partial charge is 0.491 e. The maximum Gasteiger partial charge on any atom is 0.253 e. The summed E-state index contributed by atoms with van der Waals surface area (Å²) in [6.45, 7) is 10.2. The number of hydrogen-bond donors (Lipinski definition) is 1. The Morgan fingerprint density at radius 2 is 1.77 bits per heavy atom. The fourth-order valence-corrected chi connectivity index (χ4v) is 5.70. The molecule has 9 nitrogen and oxygen atoms in total. The van der Waals surface area contributed by atoms with E-state index in [9.17, 15) is 13.2 Å². The summed E-state index contributed by atoms with van der Waals surface area (Å²) in [4.78, 5) is 26.5. The first-order valence-corrected chi connectivity index (χ1v) is 15.3. The van der Waals surface area contributed by atoms with Crippen LogP contribution in [0.15, 0.2) is 53.6 Å². The van der Waals surface area contributed by atoms with Crippen molar-refractivity contribution in [1.82, 2.24) is 19.8 Å². The minimum atomic E-state index is -3.55. The molecule has 0 saturated carbocycles. The van der Waals surface area contributed by atoms with Gasteiger partial charge in [-0.25, -0.2) is 18.4 Å². The van der Waals surface area contributed by atoms with Crippen LogP contribution in [0.4, 0.5) is 11.5 Å². The van der Waals surface area contributed by atoms with Crippen LogP contribution in [0.5, 0.6) is 5.75 Å². The van der Waals surface area contributed by atoms with Gasteiger partial charge in [0, 0.05) is 43.7 Å². The lowest BCUT2D eigenvalue weighted by atomic mass is 10.0. The van der Waals surface area contributed by atoms with Crippen LogP contribution >= 0.6 is 11.6 Å². The van der Waals surface area contributed by atoms with Crippen molar-refractivity contribution in [3.8, 4) is 5.75 Å². The molecule has 1 aromatic heterocycles. The van der Waals surface area contributed by atoms with E-state index in [4.69, 9.17) is 16.3 Å². The van der Waals surface area contributed by atoms with Crippen molar-refractivity contribution in [3.05, 3.63) is 70.6 Å². The molecule has 1 aliphatic heterocycles. The van der Waals surface area contributed by atoms with Crippen LogP contribution in [-0.4, -0.2) is 78.7 Å². The van der Waals surface area contributed by atoms with E-state index in [1.54, 1.807) is 44.2 Å². The summed E-state index contributed by atoms with van der Waals surface area (Å²) in [7, 11) is -1.50.